The smallest absolute Gasteiger partial charge is 0.258 e. The van der Waals surface area contributed by atoms with Crippen molar-refractivity contribution in [1.82, 2.24) is 20.1 Å². The van der Waals surface area contributed by atoms with E-state index < -0.39 is 0 Å². The summed E-state index contributed by atoms with van der Waals surface area (Å²) in [4.78, 5) is 12.8. The molecule has 0 bridgehead atoms. The largest absolute Gasteiger partial charge is 0.334 e. The van der Waals surface area contributed by atoms with E-state index in [0.717, 1.165) is 17.5 Å². The van der Waals surface area contributed by atoms with Crippen LogP contribution in [-0.2, 0) is 6.42 Å². The standard InChI is InChI=1S/C15H15N5O/c1-10-17-9-7-13(18-10)14-19-15(21-20-14)12-5-3-2-4-11(12)6-8-16/h2-5,7,9H,6,8,16H2,1H3. The lowest BCUT2D eigenvalue weighted by Crippen LogP contribution is -2.03. The van der Waals surface area contributed by atoms with Gasteiger partial charge in [0.2, 0.25) is 5.82 Å². The highest BCUT2D eigenvalue weighted by atomic mass is 16.5. The zero-order valence-electron chi connectivity index (χ0n) is 11.7. The van der Waals surface area contributed by atoms with Gasteiger partial charge in [-0.15, -0.1) is 0 Å². The number of benzene rings is 1. The molecular weight excluding hydrogens is 266 g/mol. The van der Waals surface area contributed by atoms with Gasteiger partial charge in [0.25, 0.3) is 5.89 Å². The van der Waals surface area contributed by atoms with Crippen LogP contribution in [0.3, 0.4) is 0 Å². The fraction of sp³-hybridized carbons (Fsp3) is 0.200. The van der Waals surface area contributed by atoms with E-state index in [1.807, 2.05) is 31.2 Å². The van der Waals surface area contributed by atoms with E-state index in [2.05, 4.69) is 20.1 Å². The molecule has 0 radical (unpaired) electrons. The molecule has 0 atom stereocenters. The number of nitrogens with two attached hydrogens (primary N) is 1. The molecule has 6 nitrogen and oxygen atoms in total. The van der Waals surface area contributed by atoms with Crippen LogP contribution in [0.25, 0.3) is 23.0 Å². The molecular formula is C15H15N5O. The second kappa shape index (κ2) is 5.80. The van der Waals surface area contributed by atoms with Crippen molar-refractivity contribution in [2.45, 2.75) is 13.3 Å². The highest BCUT2D eigenvalue weighted by Crippen LogP contribution is 2.24. The summed E-state index contributed by atoms with van der Waals surface area (Å²) >= 11 is 0. The number of aromatic nitrogens is 4. The molecule has 0 aliphatic rings. The van der Waals surface area contributed by atoms with Crippen molar-refractivity contribution in [3.05, 3.63) is 47.9 Å². The number of hydrogen-bond acceptors (Lipinski definition) is 6. The first kappa shape index (κ1) is 13.4. The van der Waals surface area contributed by atoms with Gasteiger partial charge < -0.3 is 10.3 Å². The first-order valence-corrected chi connectivity index (χ1v) is 6.70. The van der Waals surface area contributed by atoms with E-state index in [1.54, 1.807) is 12.3 Å². The van der Waals surface area contributed by atoms with Crippen LogP contribution >= 0.6 is 0 Å². The fourth-order valence-corrected chi connectivity index (χ4v) is 2.12. The van der Waals surface area contributed by atoms with Crippen molar-refractivity contribution >= 4 is 0 Å². The maximum atomic E-state index is 5.64. The summed E-state index contributed by atoms with van der Waals surface area (Å²) in [6.45, 7) is 2.39. The van der Waals surface area contributed by atoms with Crippen LogP contribution in [-0.4, -0.2) is 26.7 Å². The Balaban J connectivity index is 1.99. The van der Waals surface area contributed by atoms with Crippen molar-refractivity contribution < 1.29 is 4.52 Å². The van der Waals surface area contributed by atoms with E-state index in [9.17, 15) is 0 Å². The van der Waals surface area contributed by atoms with Crippen LogP contribution in [0, 0.1) is 6.92 Å². The Kier molecular flexibility index (Phi) is 3.70. The lowest BCUT2D eigenvalue weighted by Gasteiger charge is -2.03. The van der Waals surface area contributed by atoms with Crippen LogP contribution < -0.4 is 5.73 Å². The topological polar surface area (TPSA) is 90.7 Å². The number of aryl methyl sites for hydroxylation is 1. The zero-order chi connectivity index (χ0) is 14.7. The molecule has 2 heterocycles. The number of rotatable bonds is 4. The van der Waals surface area contributed by atoms with Gasteiger partial charge in [-0.05, 0) is 37.6 Å². The van der Waals surface area contributed by atoms with Crippen molar-refractivity contribution in [3.8, 4) is 23.0 Å². The molecule has 0 spiro atoms. The molecule has 106 valence electrons. The fourth-order valence-electron chi connectivity index (χ4n) is 2.12. The van der Waals surface area contributed by atoms with Crippen LogP contribution in [0.5, 0.6) is 0 Å². The third-order valence-electron chi connectivity index (χ3n) is 3.09. The molecule has 0 saturated heterocycles. The second-order valence-corrected chi connectivity index (χ2v) is 4.61. The maximum absolute atomic E-state index is 5.64. The Hall–Kier alpha value is -2.60. The average molecular weight is 281 g/mol. The Labute approximate surface area is 122 Å². The van der Waals surface area contributed by atoms with Crippen molar-refractivity contribution in [2.24, 2.45) is 5.73 Å². The summed E-state index contributed by atoms with van der Waals surface area (Å²) in [5.74, 6) is 1.60. The molecule has 0 fully saturated rings. The van der Waals surface area contributed by atoms with Crippen LogP contribution in [0.2, 0.25) is 0 Å². The summed E-state index contributed by atoms with van der Waals surface area (Å²) in [6.07, 6.45) is 2.44. The van der Waals surface area contributed by atoms with Crippen LogP contribution in [0.15, 0.2) is 41.1 Å². The van der Waals surface area contributed by atoms with Crippen molar-refractivity contribution in [1.29, 1.82) is 0 Å². The van der Waals surface area contributed by atoms with E-state index in [1.165, 1.54) is 0 Å². The molecule has 1 aromatic carbocycles. The molecule has 21 heavy (non-hydrogen) atoms. The Morgan fingerprint density at radius 1 is 1.14 bits per heavy atom. The quantitative estimate of drug-likeness (QED) is 0.786. The summed E-state index contributed by atoms with van der Waals surface area (Å²) < 4.78 is 5.37. The predicted octanol–water partition coefficient (Wildman–Crippen LogP) is 2.00. The molecule has 0 aliphatic heterocycles. The van der Waals surface area contributed by atoms with Gasteiger partial charge in [0.1, 0.15) is 11.5 Å². The van der Waals surface area contributed by atoms with E-state index in [0.29, 0.717) is 29.8 Å². The van der Waals surface area contributed by atoms with Gasteiger partial charge in [0.05, 0.1) is 0 Å². The van der Waals surface area contributed by atoms with Crippen LogP contribution in [0.1, 0.15) is 11.4 Å². The summed E-state index contributed by atoms with van der Waals surface area (Å²) in [6, 6.07) is 9.63. The second-order valence-electron chi connectivity index (χ2n) is 4.61. The summed E-state index contributed by atoms with van der Waals surface area (Å²) in [5.41, 5.74) is 8.29. The van der Waals surface area contributed by atoms with Gasteiger partial charge in [-0.1, -0.05) is 23.4 Å². The third-order valence-corrected chi connectivity index (χ3v) is 3.09. The first-order valence-electron chi connectivity index (χ1n) is 6.70. The Bertz CT molecular complexity index is 753. The molecule has 0 amide bonds. The normalized spacial score (nSPS) is 10.8. The summed E-state index contributed by atoms with van der Waals surface area (Å²) in [5, 5.41) is 4.00. The van der Waals surface area contributed by atoms with Crippen molar-refractivity contribution in [2.75, 3.05) is 6.54 Å². The molecule has 6 heteroatoms. The number of nitrogens with zero attached hydrogens (tertiary/aromatic N) is 4. The minimum absolute atomic E-state index is 0.457. The average Bonchev–Trinajstić information content (AvgIpc) is 2.98. The van der Waals surface area contributed by atoms with Gasteiger partial charge in [0.15, 0.2) is 0 Å². The van der Waals surface area contributed by atoms with Gasteiger partial charge in [-0.3, -0.25) is 0 Å². The molecule has 0 unspecified atom stereocenters. The van der Waals surface area contributed by atoms with E-state index in [4.69, 9.17) is 10.3 Å². The lowest BCUT2D eigenvalue weighted by atomic mass is 10.0. The highest BCUT2D eigenvalue weighted by Gasteiger charge is 2.14. The Morgan fingerprint density at radius 3 is 2.81 bits per heavy atom. The lowest BCUT2D eigenvalue weighted by molar-refractivity contribution is 0.431. The molecule has 0 aliphatic carbocycles. The SMILES string of the molecule is Cc1nccc(-c2noc(-c3ccccc3CCN)n2)n1. The van der Waals surface area contributed by atoms with Gasteiger partial charge in [-0.2, -0.15) is 4.98 Å². The molecule has 0 saturated carbocycles. The minimum Gasteiger partial charge on any atom is -0.334 e. The van der Waals surface area contributed by atoms with E-state index >= 15 is 0 Å². The summed E-state index contributed by atoms with van der Waals surface area (Å²) in [7, 11) is 0. The Morgan fingerprint density at radius 2 is 2.00 bits per heavy atom. The molecule has 3 rings (SSSR count). The monoisotopic (exact) mass is 281 g/mol. The maximum Gasteiger partial charge on any atom is 0.258 e. The molecule has 2 aromatic heterocycles. The predicted molar refractivity (Wildman–Crippen MR) is 78.3 cm³/mol. The third kappa shape index (κ3) is 2.80. The van der Waals surface area contributed by atoms with Crippen molar-refractivity contribution in [3.63, 3.8) is 0 Å². The molecule has 3 aromatic rings. The zero-order valence-corrected chi connectivity index (χ0v) is 11.7. The van der Waals surface area contributed by atoms with Gasteiger partial charge >= 0.3 is 0 Å². The minimum atomic E-state index is 0.457. The van der Waals surface area contributed by atoms with Gasteiger partial charge in [-0.25, -0.2) is 9.97 Å². The first-order chi connectivity index (χ1) is 10.3. The van der Waals surface area contributed by atoms with Gasteiger partial charge in [0, 0.05) is 11.8 Å². The van der Waals surface area contributed by atoms with Crippen LogP contribution in [0.4, 0.5) is 0 Å². The van der Waals surface area contributed by atoms with E-state index in [-0.39, 0.29) is 0 Å². The highest BCUT2D eigenvalue weighted by molar-refractivity contribution is 5.61. The molecule has 2 N–H and O–H groups in total. The number of hydrogen-bond donors (Lipinski definition) is 1.